The van der Waals surface area contributed by atoms with Crippen molar-refractivity contribution in [1.82, 2.24) is 14.7 Å². The zero-order valence-electron chi connectivity index (χ0n) is 12.7. The van der Waals surface area contributed by atoms with Gasteiger partial charge in [0.05, 0.1) is 18.1 Å². The number of aliphatic hydroxyl groups excluding tert-OH is 1. The van der Waals surface area contributed by atoms with Gasteiger partial charge in [0.25, 0.3) is 0 Å². The molecule has 2 heterocycles. The molecule has 0 atom stereocenters. The maximum Gasteiger partial charge on any atom is 0.321 e. The number of anilines is 1. The summed E-state index contributed by atoms with van der Waals surface area (Å²) in [6.07, 6.45) is 4.68. The predicted molar refractivity (Wildman–Crippen MR) is 83.9 cm³/mol. The zero-order valence-corrected chi connectivity index (χ0v) is 12.7. The molecule has 0 spiro atoms. The average molecular weight is 318 g/mol. The van der Waals surface area contributed by atoms with E-state index in [1.807, 2.05) is 0 Å². The van der Waals surface area contributed by atoms with Gasteiger partial charge in [0.15, 0.2) is 0 Å². The Morgan fingerprint density at radius 3 is 2.78 bits per heavy atom. The first-order valence-corrected chi connectivity index (χ1v) is 7.63. The van der Waals surface area contributed by atoms with Crippen molar-refractivity contribution < 1.29 is 14.3 Å². The van der Waals surface area contributed by atoms with E-state index in [9.17, 15) is 9.18 Å². The van der Waals surface area contributed by atoms with Crippen LogP contribution in [0.2, 0.25) is 0 Å². The lowest BCUT2D eigenvalue weighted by Gasteiger charge is -2.30. The van der Waals surface area contributed by atoms with Crippen LogP contribution in [0.25, 0.3) is 5.69 Å². The Kier molecular flexibility index (Phi) is 4.57. The maximum absolute atomic E-state index is 13.7. The highest BCUT2D eigenvalue weighted by atomic mass is 19.1. The van der Waals surface area contributed by atoms with Gasteiger partial charge < -0.3 is 15.3 Å². The minimum Gasteiger partial charge on any atom is -0.396 e. The van der Waals surface area contributed by atoms with Crippen LogP contribution < -0.4 is 5.32 Å². The average Bonchev–Trinajstić information content (AvgIpc) is 3.03. The van der Waals surface area contributed by atoms with E-state index >= 15 is 0 Å². The molecule has 1 saturated heterocycles. The predicted octanol–water partition coefficient (Wildman–Crippen LogP) is 2.25. The van der Waals surface area contributed by atoms with Gasteiger partial charge in [-0.3, -0.25) is 0 Å². The molecule has 1 aliphatic rings. The molecule has 23 heavy (non-hydrogen) atoms. The molecule has 0 aliphatic carbocycles. The SMILES string of the molecule is O=C(Nc1cnn(-c2ccccc2F)c1)N1CCC(CO)CC1. The first-order valence-electron chi connectivity index (χ1n) is 7.63. The topological polar surface area (TPSA) is 70.4 Å². The number of benzene rings is 1. The van der Waals surface area contributed by atoms with Crippen LogP contribution in [-0.4, -0.2) is 45.5 Å². The summed E-state index contributed by atoms with van der Waals surface area (Å²) in [5, 5.41) is 16.0. The van der Waals surface area contributed by atoms with Gasteiger partial charge in [-0.25, -0.2) is 13.9 Å². The van der Waals surface area contributed by atoms with Crippen molar-refractivity contribution in [2.45, 2.75) is 12.8 Å². The van der Waals surface area contributed by atoms with Gasteiger partial charge in [0, 0.05) is 19.7 Å². The van der Waals surface area contributed by atoms with Crippen LogP contribution >= 0.6 is 0 Å². The molecule has 122 valence electrons. The number of carbonyl (C=O) groups is 1. The minimum atomic E-state index is -0.375. The molecule has 2 aromatic rings. The van der Waals surface area contributed by atoms with Gasteiger partial charge in [-0.2, -0.15) is 5.10 Å². The van der Waals surface area contributed by atoms with Crippen LogP contribution in [-0.2, 0) is 0 Å². The molecule has 6 nitrogen and oxygen atoms in total. The summed E-state index contributed by atoms with van der Waals surface area (Å²) in [5.74, 6) is -0.0950. The number of carbonyl (C=O) groups excluding carboxylic acids is 1. The smallest absolute Gasteiger partial charge is 0.321 e. The van der Waals surface area contributed by atoms with Gasteiger partial charge in [0.2, 0.25) is 0 Å². The normalized spacial score (nSPS) is 15.7. The Labute approximate surface area is 133 Å². The number of rotatable bonds is 3. The van der Waals surface area contributed by atoms with Gasteiger partial charge >= 0.3 is 6.03 Å². The van der Waals surface area contributed by atoms with Crippen molar-refractivity contribution in [2.75, 3.05) is 25.0 Å². The lowest BCUT2D eigenvalue weighted by atomic mass is 9.98. The Balaban J connectivity index is 1.63. The Bertz CT molecular complexity index is 680. The third-order valence-corrected chi connectivity index (χ3v) is 4.09. The van der Waals surface area contributed by atoms with E-state index in [4.69, 9.17) is 5.11 Å². The van der Waals surface area contributed by atoms with Gasteiger partial charge in [-0.1, -0.05) is 12.1 Å². The van der Waals surface area contributed by atoms with Crippen LogP contribution in [0.5, 0.6) is 0 Å². The number of halogens is 1. The summed E-state index contributed by atoms with van der Waals surface area (Å²) >= 11 is 0. The number of hydrogen-bond donors (Lipinski definition) is 2. The van der Waals surface area contributed by atoms with Crippen molar-refractivity contribution in [1.29, 1.82) is 0 Å². The number of likely N-dealkylation sites (tertiary alicyclic amines) is 1. The molecule has 2 amide bonds. The van der Waals surface area contributed by atoms with Crippen molar-refractivity contribution in [3.05, 3.63) is 42.5 Å². The van der Waals surface area contributed by atoms with E-state index in [1.54, 1.807) is 29.3 Å². The molecule has 0 unspecified atom stereocenters. The van der Waals surface area contributed by atoms with Gasteiger partial charge in [0.1, 0.15) is 11.5 Å². The molecule has 7 heteroatoms. The molecule has 1 aromatic heterocycles. The van der Waals surface area contributed by atoms with Gasteiger partial charge in [-0.05, 0) is 30.9 Å². The third kappa shape index (κ3) is 3.50. The fourth-order valence-corrected chi connectivity index (χ4v) is 2.68. The van der Waals surface area contributed by atoms with Crippen molar-refractivity contribution in [3.8, 4) is 5.69 Å². The van der Waals surface area contributed by atoms with Crippen LogP contribution in [0.1, 0.15) is 12.8 Å². The summed E-state index contributed by atoms with van der Waals surface area (Å²) in [6.45, 7) is 1.42. The summed E-state index contributed by atoms with van der Waals surface area (Å²) in [4.78, 5) is 13.9. The standard InChI is InChI=1S/C16H19FN4O2/c17-14-3-1-2-4-15(14)21-10-13(9-18-21)19-16(23)20-7-5-12(11-22)6-8-20/h1-4,9-10,12,22H,5-8,11H2,(H,19,23). The molecule has 1 fully saturated rings. The maximum atomic E-state index is 13.7. The second kappa shape index (κ2) is 6.78. The summed E-state index contributed by atoms with van der Waals surface area (Å²) in [6, 6.07) is 6.12. The van der Waals surface area contributed by atoms with E-state index < -0.39 is 0 Å². The number of para-hydroxylation sites is 1. The van der Waals surface area contributed by atoms with Gasteiger partial charge in [-0.15, -0.1) is 0 Å². The van der Waals surface area contributed by atoms with E-state index in [-0.39, 0.29) is 24.4 Å². The fraction of sp³-hybridized carbons (Fsp3) is 0.375. The molecule has 0 radical (unpaired) electrons. The Morgan fingerprint density at radius 2 is 2.09 bits per heavy atom. The Morgan fingerprint density at radius 1 is 1.35 bits per heavy atom. The third-order valence-electron chi connectivity index (χ3n) is 4.09. The molecule has 1 aliphatic heterocycles. The summed E-state index contributed by atoms with van der Waals surface area (Å²) < 4.78 is 15.1. The minimum absolute atomic E-state index is 0.171. The van der Waals surface area contributed by atoms with E-state index in [0.29, 0.717) is 24.5 Å². The van der Waals surface area contributed by atoms with Crippen molar-refractivity contribution >= 4 is 11.7 Å². The molecular formula is C16H19FN4O2. The quantitative estimate of drug-likeness (QED) is 0.912. The van der Waals surface area contributed by atoms with Crippen LogP contribution in [0.15, 0.2) is 36.7 Å². The number of urea groups is 1. The van der Waals surface area contributed by atoms with E-state index in [2.05, 4.69) is 10.4 Å². The largest absolute Gasteiger partial charge is 0.396 e. The van der Waals surface area contributed by atoms with E-state index in [1.165, 1.54) is 16.9 Å². The monoisotopic (exact) mass is 318 g/mol. The number of piperidine rings is 1. The van der Waals surface area contributed by atoms with Crippen molar-refractivity contribution in [2.24, 2.45) is 5.92 Å². The second-order valence-corrected chi connectivity index (χ2v) is 5.67. The molecular weight excluding hydrogens is 299 g/mol. The lowest BCUT2D eigenvalue weighted by molar-refractivity contribution is 0.143. The Hall–Kier alpha value is -2.41. The number of aliphatic hydroxyl groups is 1. The fourth-order valence-electron chi connectivity index (χ4n) is 2.68. The number of nitrogens with one attached hydrogen (secondary N) is 1. The molecule has 2 N–H and O–H groups in total. The molecule has 0 saturated carbocycles. The van der Waals surface area contributed by atoms with Crippen LogP contribution in [0.3, 0.4) is 0 Å². The lowest BCUT2D eigenvalue weighted by Crippen LogP contribution is -2.41. The molecule has 0 bridgehead atoms. The molecule has 1 aromatic carbocycles. The highest BCUT2D eigenvalue weighted by molar-refractivity contribution is 5.89. The van der Waals surface area contributed by atoms with E-state index in [0.717, 1.165) is 12.8 Å². The van der Waals surface area contributed by atoms with Crippen molar-refractivity contribution in [3.63, 3.8) is 0 Å². The number of nitrogens with zero attached hydrogens (tertiary/aromatic N) is 3. The summed E-state index contributed by atoms with van der Waals surface area (Å²) in [5.41, 5.74) is 0.847. The zero-order chi connectivity index (χ0) is 16.2. The second-order valence-electron chi connectivity index (χ2n) is 5.67. The van der Waals surface area contributed by atoms with Crippen LogP contribution in [0.4, 0.5) is 14.9 Å². The number of aromatic nitrogens is 2. The first kappa shape index (κ1) is 15.5. The summed E-state index contributed by atoms with van der Waals surface area (Å²) in [7, 11) is 0. The highest BCUT2D eigenvalue weighted by Gasteiger charge is 2.22. The number of amides is 2. The van der Waals surface area contributed by atoms with Crippen LogP contribution in [0, 0.1) is 11.7 Å². The highest BCUT2D eigenvalue weighted by Crippen LogP contribution is 2.18. The molecule has 3 rings (SSSR count). The first-order chi connectivity index (χ1) is 11.2. The number of hydrogen-bond acceptors (Lipinski definition) is 3.